The van der Waals surface area contributed by atoms with Crippen LogP contribution in [0.5, 0.6) is 0 Å². The van der Waals surface area contributed by atoms with Gasteiger partial charge in [0.1, 0.15) is 4.90 Å². The summed E-state index contributed by atoms with van der Waals surface area (Å²) in [5.74, 6) is 0. The Morgan fingerprint density at radius 2 is 2.16 bits per heavy atom. The molecule has 19 heavy (non-hydrogen) atoms. The predicted octanol–water partition coefficient (Wildman–Crippen LogP) is 1.07. The standard InChI is InChI=1S/C12H23N3O3S/c1-4-6-15(11(2)3)19(17,18)12-9-13-14(10-12)7-5-8-16/h9-11,16H,4-8H2,1-3H3. The molecule has 0 saturated heterocycles. The second-order valence-corrected chi connectivity index (χ2v) is 6.62. The van der Waals surface area contributed by atoms with Gasteiger partial charge in [-0.1, -0.05) is 6.92 Å². The van der Waals surface area contributed by atoms with Crippen LogP contribution in [0.2, 0.25) is 0 Å². The van der Waals surface area contributed by atoms with Crippen molar-refractivity contribution >= 4 is 10.0 Å². The van der Waals surface area contributed by atoms with Gasteiger partial charge in [-0.3, -0.25) is 4.68 Å². The largest absolute Gasteiger partial charge is 0.396 e. The van der Waals surface area contributed by atoms with Crippen LogP contribution in [0, 0.1) is 0 Å². The normalized spacial score (nSPS) is 12.5. The van der Waals surface area contributed by atoms with Gasteiger partial charge in [-0.05, 0) is 26.7 Å². The third-order valence-electron chi connectivity index (χ3n) is 2.78. The summed E-state index contributed by atoms with van der Waals surface area (Å²) in [6.45, 7) is 6.77. The Morgan fingerprint density at radius 3 is 2.68 bits per heavy atom. The Hall–Kier alpha value is -0.920. The molecular weight excluding hydrogens is 266 g/mol. The third kappa shape index (κ3) is 4.02. The number of aliphatic hydroxyl groups excluding tert-OH is 1. The van der Waals surface area contributed by atoms with Crippen molar-refractivity contribution in [2.45, 2.75) is 51.1 Å². The molecule has 1 N–H and O–H groups in total. The quantitative estimate of drug-likeness (QED) is 0.777. The molecule has 1 aromatic rings. The monoisotopic (exact) mass is 289 g/mol. The summed E-state index contributed by atoms with van der Waals surface area (Å²) in [7, 11) is -3.48. The van der Waals surface area contributed by atoms with Crippen LogP contribution in [0.3, 0.4) is 0 Å². The zero-order chi connectivity index (χ0) is 14.5. The number of rotatable bonds is 8. The smallest absolute Gasteiger partial charge is 0.246 e. The molecule has 0 fully saturated rings. The highest BCUT2D eigenvalue weighted by Crippen LogP contribution is 2.18. The van der Waals surface area contributed by atoms with Crippen LogP contribution in [0.4, 0.5) is 0 Å². The van der Waals surface area contributed by atoms with E-state index in [4.69, 9.17) is 5.11 Å². The van der Waals surface area contributed by atoms with Crippen LogP contribution in [0.1, 0.15) is 33.6 Å². The van der Waals surface area contributed by atoms with Gasteiger partial charge in [0.05, 0.1) is 6.20 Å². The molecule has 0 saturated carbocycles. The minimum absolute atomic E-state index is 0.0654. The first-order valence-electron chi connectivity index (χ1n) is 6.58. The summed E-state index contributed by atoms with van der Waals surface area (Å²) in [5.41, 5.74) is 0. The molecule has 0 aromatic carbocycles. The van der Waals surface area contributed by atoms with Gasteiger partial charge in [0.15, 0.2) is 0 Å². The molecule has 0 spiro atoms. The van der Waals surface area contributed by atoms with E-state index in [1.807, 2.05) is 20.8 Å². The first-order valence-corrected chi connectivity index (χ1v) is 8.02. The lowest BCUT2D eigenvalue weighted by atomic mass is 10.4. The number of hydrogen-bond donors (Lipinski definition) is 1. The van der Waals surface area contributed by atoms with Crippen LogP contribution in [-0.2, 0) is 16.6 Å². The predicted molar refractivity (Wildman–Crippen MR) is 73.2 cm³/mol. The summed E-state index contributed by atoms with van der Waals surface area (Å²) in [6.07, 6.45) is 4.23. The molecule has 0 amide bonds. The van der Waals surface area contributed by atoms with E-state index < -0.39 is 10.0 Å². The summed E-state index contributed by atoms with van der Waals surface area (Å²) in [4.78, 5) is 0.215. The van der Waals surface area contributed by atoms with Crippen LogP contribution in [0.15, 0.2) is 17.3 Å². The van der Waals surface area contributed by atoms with Crippen LogP contribution in [-0.4, -0.2) is 46.8 Å². The maximum Gasteiger partial charge on any atom is 0.246 e. The van der Waals surface area contributed by atoms with E-state index >= 15 is 0 Å². The summed E-state index contributed by atoms with van der Waals surface area (Å²) in [6, 6.07) is -0.0780. The molecule has 0 aliphatic heterocycles. The SMILES string of the molecule is CCCN(C(C)C)S(=O)(=O)c1cnn(CCCO)c1. The minimum atomic E-state index is -3.48. The van der Waals surface area contributed by atoms with Gasteiger partial charge >= 0.3 is 0 Å². The molecule has 1 heterocycles. The van der Waals surface area contributed by atoms with E-state index in [0.717, 1.165) is 6.42 Å². The third-order valence-corrected chi connectivity index (χ3v) is 4.81. The lowest BCUT2D eigenvalue weighted by molar-refractivity contribution is 0.277. The number of aromatic nitrogens is 2. The molecule has 7 heteroatoms. The lowest BCUT2D eigenvalue weighted by Crippen LogP contribution is -2.37. The second kappa shape index (κ2) is 7.02. The Bertz CT molecular complexity index is 482. The molecule has 1 aromatic heterocycles. The average Bonchev–Trinajstić information content (AvgIpc) is 2.82. The van der Waals surface area contributed by atoms with E-state index in [1.54, 1.807) is 4.68 Å². The molecule has 6 nitrogen and oxygen atoms in total. The molecular formula is C12H23N3O3S. The highest BCUT2D eigenvalue weighted by Gasteiger charge is 2.27. The van der Waals surface area contributed by atoms with Gasteiger partial charge in [-0.15, -0.1) is 0 Å². The molecule has 1 rings (SSSR count). The van der Waals surface area contributed by atoms with Crippen LogP contribution < -0.4 is 0 Å². The summed E-state index contributed by atoms with van der Waals surface area (Å²) in [5, 5.41) is 12.8. The molecule has 0 bridgehead atoms. The highest BCUT2D eigenvalue weighted by molar-refractivity contribution is 7.89. The van der Waals surface area contributed by atoms with Crippen molar-refractivity contribution in [2.75, 3.05) is 13.2 Å². The van der Waals surface area contributed by atoms with Crippen molar-refractivity contribution < 1.29 is 13.5 Å². The first kappa shape index (κ1) is 16.1. The van der Waals surface area contributed by atoms with Crippen molar-refractivity contribution in [3.63, 3.8) is 0 Å². The maximum atomic E-state index is 12.5. The van der Waals surface area contributed by atoms with E-state index in [-0.39, 0.29) is 17.5 Å². The number of aryl methyl sites for hydroxylation is 1. The zero-order valence-electron chi connectivity index (χ0n) is 11.8. The van der Waals surface area contributed by atoms with Crippen molar-refractivity contribution in [3.05, 3.63) is 12.4 Å². The van der Waals surface area contributed by atoms with Crippen molar-refractivity contribution in [2.24, 2.45) is 0 Å². The fourth-order valence-electron chi connectivity index (χ4n) is 1.84. The van der Waals surface area contributed by atoms with Crippen molar-refractivity contribution in [1.82, 2.24) is 14.1 Å². The topological polar surface area (TPSA) is 75.4 Å². The van der Waals surface area contributed by atoms with Crippen molar-refractivity contribution in [3.8, 4) is 0 Å². The fourth-order valence-corrected chi connectivity index (χ4v) is 3.53. The van der Waals surface area contributed by atoms with Gasteiger partial charge < -0.3 is 5.11 Å². The van der Waals surface area contributed by atoms with Gasteiger partial charge in [0.25, 0.3) is 0 Å². The van der Waals surface area contributed by atoms with Crippen LogP contribution in [0.25, 0.3) is 0 Å². The fraction of sp³-hybridized carbons (Fsp3) is 0.750. The molecule has 0 aliphatic carbocycles. The number of sulfonamides is 1. The number of aliphatic hydroxyl groups is 1. The average molecular weight is 289 g/mol. The Balaban J connectivity index is 2.95. The number of hydrogen-bond acceptors (Lipinski definition) is 4. The molecule has 0 radical (unpaired) electrons. The Labute approximate surface area is 115 Å². The minimum Gasteiger partial charge on any atom is -0.396 e. The summed E-state index contributed by atoms with van der Waals surface area (Å²) < 4.78 is 28.0. The van der Waals surface area contributed by atoms with Gasteiger partial charge in [0, 0.05) is 31.9 Å². The lowest BCUT2D eigenvalue weighted by Gasteiger charge is -2.24. The molecule has 0 unspecified atom stereocenters. The van der Waals surface area contributed by atoms with Gasteiger partial charge in [0.2, 0.25) is 10.0 Å². The second-order valence-electron chi connectivity index (χ2n) is 4.73. The maximum absolute atomic E-state index is 12.5. The molecule has 0 aliphatic rings. The van der Waals surface area contributed by atoms with Crippen molar-refractivity contribution in [1.29, 1.82) is 0 Å². The zero-order valence-corrected chi connectivity index (χ0v) is 12.6. The van der Waals surface area contributed by atoms with Gasteiger partial charge in [-0.2, -0.15) is 9.40 Å². The van der Waals surface area contributed by atoms with E-state index in [2.05, 4.69) is 5.10 Å². The van der Waals surface area contributed by atoms with Gasteiger partial charge in [-0.25, -0.2) is 8.42 Å². The first-order chi connectivity index (χ1) is 8.93. The Kier molecular flexibility index (Phi) is 5.96. The molecule has 0 atom stereocenters. The number of nitrogens with zero attached hydrogens (tertiary/aromatic N) is 3. The highest BCUT2D eigenvalue weighted by atomic mass is 32.2. The van der Waals surface area contributed by atoms with E-state index in [0.29, 0.717) is 19.5 Å². The van der Waals surface area contributed by atoms with E-state index in [9.17, 15) is 8.42 Å². The summed E-state index contributed by atoms with van der Waals surface area (Å²) >= 11 is 0. The molecule has 110 valence electrons. The van der Waals surface area contributed by atoms with E-state index in [1.165, 1.54) is 16.7 Å². The Morgan fingerprint density at radius 1 is 1.47 bits per heavy atom. The van der Waals surface area contributed by atoms with Crippen LogP contribution >= 0.6 is 0 Å².